The zero-order valence-electron chi connectivity index (χ0n) is 10.9. The number of hydrogen-bond donors (Lipinski definition) is 1. The molecule has 0 saturated heterocycles. The Morgan fingerprint density at radius 1 is 0.895 bits per heavy atom. The Balaban J connectivity index is 2.06. The van der Waals surface area contributed by atoms with Gasteiger partial charge in [-0.05, 0) is 30.3 Å². The van der Waals surface area contributed by atoms with E-state index in [-0.39, 0.29) is 6.04 Å². The maximum atomic E-state index is 4.42. The van der Waals surface area contributed by atoms with Crippen molar-refractivity contribution in [3.63, 3.8) is 0 Å². The zero-order valence-corrected chi connectivity index (χ0v) is 10.9. The average molecular weight is 248 g/mol. The third-order valence-corrected chi connectivity index (χ3v) is 3.38. The first kappa shape index (κ1) is 11.9. The van der Waals surface area contributed by atoms with Crippen molar-refractivity contribution in [3.05, 3.63) is 78.0 Å². The second-order valence-electron chi connectivity index (χ2n) is 4.59. The van der Waals surface area contributed by atoms with Gasteiger partial charge in [0.2, 0.25) is 0 Å². The third kappa shape index (κ3) is 2.35. The Morgan fingerprint density at radius 2 is 1.74 bits per heavy atom. The van der Waals surface area contributed by atoms with E-state index in [1.165, 1.54) is 16.5 Å². The Morgan fingerprint density at radius 3 is 2.53 bits per heavy atom. The van der Waals surface area contributed by atoms with Crippen LogP contribution in [0.2, 0.25) is 0 Å². The van der Waals surface area contributed by atoms with Crippen LogP contribution in [0.4, 0.5) is 0 Å². The third-order valence-electron chi connectivity index (χ3n) is 3.38. The summed E-state index contributed by atoms with van der Waals surface area (Å²) in [6, 6.07) is 21.2. The minimum Gasteiger partial charge on any atom is -0.309 e. The molecule has 3 rings (SSSR count). The van der Waals surface area contributed by atoms with E-state index in [0.717, 1.165) is 5.52 Å². The lowest BCUT2D eigenvalue weighted by atomic mass is 9.98. The Labute approximate surface area is 113 Å². The molecule has 0 spiro atoms. The van der Waals surface area contributed by atoms with E-state index in [1.807, 2.05) is 25.4 Å². The average Bonchev–Trinajstić information content (AvgIpc) is 2.49. The molecule has 1 unspecified atom stereocenters. The molecule has 0 aliphatic heterocycles. The highest BCUT2D eigenvalue weighted by Gasteiger charge is 2.11. The van der Waals surface area contributed by atoms with Crippen molar-refractivity contribution in [1.82, 2.24) is 10.3 Å². The maximum Gasteiger partial charge on any atom is 0.0705 e. The summed E-state index contributed by atoms with van der Waals surface area (Å²) >= 11 is 0. The second-order valence-corrected chi connectivity index (χ2v) is 4.59. The van der Waals surface area contributed by atoms with Crippen molar-refractivity contribution in [2.24, 2.45) is 0 Å². The van der Waals surface area contributed by atoms with E-state index < -0.39 is 0 Å². The number of nitrogens with one attached hydrogen (secondary N) is 1. The van der Waals surface area contributed by atoms with E-state index in [4.69, 9.17) is 0 Å². The van der Waals surface area contributed by atoms with Gasteiger partial charge in [0, 0.05) is 11.6 Å². The van der Waals surface area contributed by atoms with Crippen LogP contribution >= 0.6 is 0 Å². The first-order valence-electron chi connectivity index (χ1n) is 6.45. The summed E-state index contributed by atoms with van der Waals surface area (Å²) in [5.41, 5.74) is 3.54. The van der Waals surface area contributed by atoms with Gasteiger partial charge in [0.05, 0.1) is 11.6 Å². The number of pyridine rings is 1. The van der Waals surface area contributed by atoms with Crippen molar-refractivity contribution < 1.29 is 0 Å². The Kier molecular flexibility index (Phi) is 3.25. The molecule has 3 aromatic rings. The molecule has 1 aromatic heterocycles. The molecule has 94 valence electrons. The van der Waals surface area contributed by atoms with Crippen LogP contribution in [0.5, 0.6) is 0 Å². The van der Waals surface area contributed by atoms with Crippen molar-refractivity contribution in [2.75, 3.05) is 7.05 Å². The van der Waals surface area contributed by atoms with Crippen LogP contribution in [0.3, 0.4) is 0 Å². The molecule has 19 heavy (non-hydrogen) atoms. The topological polar surface area (TPSA) is 24.9 Å². The minimum absolute atomic E-state index is 0.201. The molecule has 0 fully saturated rings. The van der Waals surface area contributed by atoms with Crippen LogP contribution in [0.1, 0.15) is 17.2 Å². The number of benzene rings is 2. The SMILES string of the molecule is CNC(c1ccccc1)c1ccc2cccnc2c1. The molecule has 0 amide bonds. The molecule has 1 N–H and O–H groups in total. The van der Waals surface area contributed by atoms with Gasteiger partial charge in [0.15, 0.2) is 0 Å². The summed E-state index contributed by atoms with van der Waals surface area (Å²) in [6.07, 6.45) is 1.84. The molecule has 1 atom stereocenters. The van der Waals surface area contributed by atoms with Gasteiger partial charge in [-0.25, -0.2) is 0 Å². The number of nitrogens with zero attached hydrogens (tertiary/aromatic N) is 1. The number of fused-ring (bicyclic) bond motifs is 1. The molecule has 1 heterocycles. The van der Waals surface area contributed by atoms with E-state index >= 15 is 0 Å². The molecular weight excluding hydrogens is 232 g/mol. The largest absolute Gasteiger partial charge is 0.309 e. The van der Waals surface area contributed by atoms with Crippen LogP contribution in [-0.2, 0) is 0 Å². The van der Waals surface area contributed by atoms with Gasteiger partial charge in [-0.2, -0.15) is 0 Å². The number of hydrogen-bond acceptors (Lipinski definition) is 2. The highest BCUT2D eigenvalue weighted by Crippen LogP contribution is 2.24. The Bertz CT molecular complexity index is 677. The minimum atomic E-state index is 0.201. The molecule has 0 saturated carbocycles. The van der Waals surface area contributed by atoms with Crippen molar-refractivity contribution in [2.45, 2.75) is 6.04 Å². The monoisotopic (exact) mass is 248 g/mol. The zero-order chi connectivity index (χ0) is 13.1. The van der Waals surface area contributed by atoms with Crippen molar-refractivity contribution in [3.8, 4) is 0 Å². The Hall–Kier alpha value is -2.19. The lowest BCUT2D eigenvalue weighted by Gasteiger charge is -2.17. The molecular formula is C17H16N2. The van der Waals surface area contributed by atoms with Gasteiger partial charge in [-0.3, -0.25) is 4.98 Å². The quantitative estimate of drug-likeness (QED) is 0.766. The fraction of sp³-hybridized carbons (Fsp3) is 0.118. The molecule has 0 aliphatic carbocycles. The molecule has 0 radical (unpaired) electrons. The number of aromatic nitrogens is 1. The normalized spacial score (nSPS) is 12.5. The number of rotatable bonds is 3. The fourth-order valence-electron chi connectivity index (χ4n) is 2.43. The second kappa shape index (κ2) is 5.21. The van der Waals surface area contributed by atoms with Crippen molar-refractivity contribution in [1.29, 1.82) is 0 Å². The highest BCUT2D eigenvalue weighted by atomic mass is 14.9. The molecule has 0 bridgehead atoms. The fourth-order valence-corrected chi connectivity index (χ4v) is 2.43. The highest BCUT2D eigenvalue weighted by molar-refractivity contribution is 5.79. The van der Waals surface area contributed by atoms with Gasteiger partial charge in [-0.1, -0.05) is 48.5 Å². The van der Waals surface area contributed by atoms with E-state index in [9.17, 15) is 0 Å². The lowest BCUT2D eigenvalue weighted by Crippen LogP contribution is -2.17. The summed E-state index contributed by atoms with van der Waals surface area (Å²) in [5.74, 6) is 0. The lowest BCUT2D eigenvalue weighted by molar-refractivity contribution is 0.692. The van der Waals surface area contributed by atoms with Crippen LogP contribution in [0.15, 0.2) is 66.9 Å². The van der Waals surface area contributed by atoms with Gasteiger partial charge in [0.1, 0.15) is 0 Å². The van der Waals surface area contributed by atoms with Gasteiger partial charge >= 0.3 is 0 Å². The summed E-state index contributed by atoms with van der Waals surface area (Å²) in [7, 11) is 1.99. The first-order valence-corrected chi connectivity index (χ1v) is 6.45. The van der Waals surface area contributed by atoms with Crippen LogP contribution in [0.25, 0.3) is 10.9 Å². The molecule has 2 aromatic carbocycles. The predicted molar refractivity (Wildman–Crippen MR) is 79.1 cm³/mol. The van der Waals surface area contributed by atoms with Crippen molar-refractivity contribution >= 4 is 10.9 Å². The first-order chi connectivity index (χ1) is 9.38. The summed E-state index contributed by atoms with van der Waals surface area (Å²) in [4.78, 5) is 4.42. The van der Waals surface area contributed by atoms with Gasteiger partial charge in [0.25, 0.3) is 0 Å². The van der Waals surface area contributed by atoms with E-state index in [0.29, 0.717) is 0 Å². The molecule has 2 nitrogen and oxygen atoms in total. The van der Waals surface area contributed by atoms with Crippen LogP contribution in [0, 0.1) is 0 Å². The van der Waals surface area contributed by atoms with Crippen LogP contribution < -0.4 is 5.32 Å². The van der Waals surface area contributed by atoms with Crippen LogP contribution in [-0.4, -0.2) is 12.0 Å². The molecule has 0 aliphatic rings. The molecule has 2 heteroatoms. The summed E-state index contributed by atoms with van der Waals surface area (Å²) in [6.45, 7) is 0. The summed E-state index contributed by atoms with van der Waals surface area (Å²) < 4.78 is 0. The predicted octanol–water partition coefficient (Wildman–Crippen LogP) is 3.54. The summed E-state index contributed by atoms with van der Waals surface area (Å²) in [5, 5.41) is 4.55. The van der Waals surface area contributed by atoms with E-state index in [2.05, 4.69) is 58.8 Å². The smallest absolute Gasteiger partial charge is 0.0705 e. The standard InChI is InChI=1S/C17H16N2/c1-18-17(14-6-3-2-4-7-14)15-10-9-13-8-5-11-19-16(13)12-15/h2-12,17-18H,1H3. The maximum absolute atomic E-state index is 4.42. The van der Waals surface area contributed by atoms with E-state index in [1.54, 1.807) is 0 Å². The van der Waals surface area contributed by atoms with Gasteiger partial charge < -0.3 is 5.32 Å². The van der Waals surface area contributed by atoms with Gasteiger partial charge in [-0.15, -0.1) is 0 Å².